The van der Waals surface area contributed by atoms with Gasteiger partial charge in [-0.15, -0.1) is 0 Å². The maximum atomic E-state index is 11.0. The Morgan fingerprint density at radius 2 is 1.80 bits per heavy atom. The van der Waals surface area contributed by atoms with E-state index in [0.29, 0.717) is 10.6 Å². The van der Waals surface area contributed by atoms with Crippen molar-refractivity contribution in [2.75, 3.05) is 11.4 Å². The summed E-state index contributed by atoms with van der Waals surface area (Å²) in [4.78, 5) is 12.6. The van der Waals surface area contributed by atoms with Crippen molar-refractivity contribution in [1.82, 2.24) is 0 Å². The third-order valence-electron chi connectivity index (χ3n) is 2.89. The highest BCUT2D eigenvalue weighted by molar-refractivity contribution is 6.31. The van der Waals surface area contributed by atoms with Gasteiger partial charge in [0.15, 0.2) is 0 Å². The lowest BCUT2D eigenvalue weighted by Gasteiger charge is -2.23. The normalized spacial score (nSPS) is 10.2. The van der Waals surface area contributed by atoms with E-state index in [-0.39, 0.29) is 18.8 Å². The molecule has 2 rings (SSSR count). The Bertz CT molecular complexity index is 581. The summed E-state index contributed by atoms with van der Waals surface area (Å²) in [6.07, 6.45) is 0. The number of hydrogen-bond donors (Lipinski definition) is 2. The average molecular weight is 292 g/mol. The van der Waals surface area contributed by atoms with Gasteiger partial charge in [-0.2, -0.15) is 0 Å². The molecule has 2 aromatic carbocycles. The monoisotopic (exact) mass is 291 g/mol. The lowest BCUT2D eigenvalue weighted by atomic mass is 10.1. The highest BCUT2D eigenvalue weighted by atomic mass is 35.5. The molecule has 4 nitrogen and oxygen atoms in total. The number of anilines is 1. The maximum Gasteiger partial charge on any atom is 0.323 e. The average Bonchev–Trinajstić information content (AvgIpc) is 2.42. The number of hydrogen-bond acceptors (Lipinski definition) is 3. The zero-order valence-electron chi connectivity index (χ0n) is 10.7. The molecule has 20 heavy (non-hydrogen) atoms. The van der Waals surface area contributed by atoms with Gasteiger partial charge >= 0.3 is 5.97 Å². The fourth-order valence-corrected chi connectivity index (χ4v) is 2.16. The third kappa shape index (κ3) is 3.42. The molecule has 0 saturated carbocycles. The fourth-order valence-electron chi connectivity index (χ4n) is 1.94. The fraction of sp³-hybridized carbons (Fsp3) is 0.133. The van der Waals surface area contributed by atoms with Crippen LogP contribution in [-0.2, 0) is 11.3 Å². The van der Waals surface area contributed by atoms with Gasteiger partial charge in [-0.1, -0.05) is 35.9 Å². The minimum absolute atomic E-state index is 0.0591. The topological polar surface area (TPSA) is 60.8 Å². The molecule has 0 amide bonds. The SMILES string of the molecule is O=C(O)CN(Cc1c(O)cccc1Cl)c1ccccc1. The second-order valence-electron chi connectivity index (χ2n) is 4.32. The van der Waals surface area contributed by atoms with Crippen molar-refractivity contribution in [3.63, 3.8) is 0 Å². The lowest BCUT2D eigenvalue weighted by molar-refractivity contribution is -0.135. The van der Waals surface area contributed by atoms with Gasteiger partial charge in [-0.3, -0.25) is 4.79 Å². The van der Waals surface area contributed by atoms with E-state index >= 15 is 0 Å². The molecule has 0 spiro atoms. The minimum Gasteiger partial charge on any atom is -0.508 e. The predicted molar refractivity (Wildman–Crippen MR) is 78.2 cm³/mol. The largest absolute Gasteiger partial charge is 0.508 e. The lowest BCUT2D eigenvalue weighted by Crippen LogP contribution is -2.29. The van der Waals surface area contributed by atoms with Crippen LogP contribution in [0.15, 0.2) is 48.5 Å². The minimum atomic E-state index is -0.944. The predicted octanol–water partition coefficient (Wildman–Crippen LogP) is 3.14. The summed E-state index contributed by atoms with van der Waals surface area (Å²) in [6, 6.07) is 14.0. The first-order valence-corrected chi connectivity index (χ1v) is 6.44. The number of rotatable bonds is 5. The van der Waals surface area contributed by atoms with E-state index in [4.69, 9.17) is 16.7 Å². The standard InChI is InChI=1S/C15H14ClNO3/c16-13-7-4-8-14(18)12(13)9-17(10-15(19)20)11-5-2-1-3-6-11/h1-8,18H,9-10H2,(H,19,20). The van der Waals surface area contributed by atoms with Crippen molar-refractivity contribution in [3.05, 3.63) is 59.1 Å². The van der Waals surface area contributed by atoms with Crippen molar-refractivity contribution in [3.8, 4) is 5.75 Å². The number of halogens is 1. The number of carboxylic acid groups (broad SMARTS) is 1. The molecule has 0 radical (unpaired) electrons. The molecule has 2 N–H and O–H groups in total. The number of para-hydroxylation sites is 1. The molecule has 2 aromatic rings. The van der Waals surface area contributed by atoms with Gasteiger partial charge in [0, 0.05) is 22.8 Å². The third-order valence-corrected chi connectivity index (χ3v) is 3.24. The molecule has 0 aliphatic carbocycles. The number of phenolic OH excluding ortho intramolecular Hbond substituents is 1. The van der Waals surface area contributed by atoms with Crippen LogP contribution in [0.5, 0.6) is 5.75 Å². The van der Waals surface area contributed by atoms with E-state index in [1.54, 1.807) is 17.0 Å². The van der Waals surface area contributed by atoms with Gasteiger partial charge in [0.2, 0.25) is 0 Å². The zero-order chi connectivity index (χ0) is 14.5. The van der Waals surface area contributed by atoms with E-state index in [2.05, 4.69) is 0 Å². The molecule has 0 bridgehead atoms. The summed E-state index contributed by atoms with van der Waals surface area (Å²) in [5, 5.41) is 19.3. The van der Waals surface area contributed by atoms with Crippen molar-refractivity contribution in [1.29, 1.82) is 0 Å². The number of nitrogens with zero attached hydrogens (tertiary/aromatic N) is 1. The van der Waals surface area contributed by atoms with Gasteiger partial charge in [-0.05, 0) is 24.3 Å². The van der Waals surface area contributed by atoms with Crippen LogP contribution >= 0.6 is 11.6 Å². The number of aliphatic carboxylic acids is 1. The van der Waals surface area contributed by atoms with Crippen LogP contribution in [0, 0.1) is 0 Å². The summed E-state index contributed by atoms with van der Waals surface area (Å²) in [6.45, 7) is 0.0521. The van der Waals surface area contributed by atoms with Crippen LogP contribution in [0.4, 0.5) is 5.69 Å². The summed E-state index contributed by atoms with van der Waals surface area (Å²) in [5.41, 5.74) is 1.27. The van der Waals surface area contributed by atoms with Gasteiger partial charge in [0.05, 0.1) is 0 Å². The zero-order valence-corrected chi connectivity index (χ0v) is 11.4. The summed E-state index contributed by atoms with van der Waals surface area (Å²) in [5.74, 6) is -0.885. The van der Waals surface area contributed by atoms with Crippen LogP contribution < -0.4 is 4.90 Å². The van der Waals surface area contributed by atoms with E-state index in [1.165, 1.54) is 6.07 Å². The highest BCUT2D eigenvalue weighted by Gasteiger charge is 2.15. The number of carboxylic acids is 1. The maximum absolute atomic E-state index is 11.0. The second-order valence-corrected chi connectivity index (χ2v) is 4.73. The number of aromatic hydroxyl groups is 1. The Kier molecular flexibility index (Phi) is 4.48. The number of benzene rings is 2. The Morgan fingerprint density at radius 3 is 2.40 bits per heavy atom. The molecule has 0 unspecified atom stereocenters. The first-order valence-electron chi connectivity index (χ1n) is 6.06. The Labute approximate surface area is 121 Å². The van der Waals surface area contributed by atoms with Gasteiger partial charge in [0.25, 0.3) is 0 Å². The molecular formula is C15H14ClNO3. The first-order chi connectivity index (χ1) is 9.58. The van der Waals surface area contributed by atoms with Crippen molar-refractivity contribution in [2.45, 2.75) is 6.54 Å². The molecule has 0 saturated heterocycles. The van der Waals surface area contributed by atoms with Crippen molar-refractivity contribution in [2.24, 2.45) is 0 Å². The summed E-state index contributed by atoms with van der Waals surface area (Å²) < 4.78 is 0. The molecule has 0 aromatic heterocycles. The Hall–Kier alpha value is -2.20. The van der Waals surface area contributed by atoms with Crippen LogP contribution in [0.2, 0.25) is 5.02 Å². The van der Waals surface area contributed by atoms with E-state index in [1.807, 2.05) is 30.3 Å². The van der Waals surface area contributed by atoms with E-state index < -0.39 is 5.97 Å². The summed E-state index contributed by atoms with van der Waals surface area (Å²) in [7, 11) is 0. The number of carbonyl (C=O) groups is 1. The quantitative estimate of drug-likeness (QED) is 0.888. The van der Waals surface area contributed by atoms with Gasteiger partial charge in [0.1, 0.15) is 12.3 Å². The van der Waals surface area contributed by atoms with Gasteiger partial charge in [-0.25, -0.2) is 0 Å². The molecular weight excluding hydrogens is 278 g/mol. The van der Waals surface area contributed by atoms with Crippen LogP contribution in [-0.4, -0.2) is 22.7 Å². The number of phenols is 1. The highest BCUT2D eigenvalue weighted by Crippen LogP contribution is 2.28. The molecule has 0 fully saturated rings. The Morgan fingerprint density at radius 1 is 1.10 bits per heavy atom. The first kappa shape index (κ1) is 14.2. The molecule has 0 heterocycles. The molecule has 5 heteroatoms. The Balaban J connectivity index is 2.31. The molecule has 0 aliphatic heterocycles. The smallest absolute Gasteiger partial charge is 0.323 e. The van der Waals surface area contributed by atoms with Crippen LogP contribution in [0.25, 0.3) is 0 Å². The van der Waals surface area contributed by atoms with Crippen LogP contribution in [0.3, 0.4) is 0 Å². The van der Waals surface area contributed by atoms with Gasteiger partial charge < -0.3 is 15.1 Å². The molecule has 0 atom stereocenters. The van der Waals surface area contributed by atoms with Crippen molar-refractivity contribution >= 4 is 23.3 Å². The van der Waals surface area contributed by atoms with E-state index in [9.17, 15) is 9.90 Å². The van der Waals surface area contributed by atoms with Crippen LogP contribution in [0.1, 0.15) is 5.56 Å². The summed E-state index contributed by atoms with van der Waals surface area (Å²) >= 11 is 6.06. The molecule has 104 valence electrons. The van der Waals surface area contributed by atoms with E-state index in [0.717, 1.165) is 5.69 Å². The van der Waals surface area contributed by atoms with Crippen molar-refractivity contribution < 1.29 is 15.0 Å². The second kappa shape index (κ2) is 6.30. The molecule has 0 aliphatic rings.